The monoisotopic (exact) mass is 296 g/mol. The standard InChI is InChI=1S/C19H24N2O/c1-14-11-12-16(20-13-14)19(2,15-7-4-3-5-8-15)17-9-6-10-18(22)21-17/h6,9-13,15H,3-5,7-8H2,1-2H3,(H,21,22). The Balaban J connectivity index is 2.12. The molecule has 0 spiro atoms. The van der Waals surface area contributed by atoms with Crippen LogP contribution in [0.5, 0.6) is 0 Å². The van der Waals surface area contributed by atoms with Crippen LogP contribution in [0.1, 0.15) is 56.0 Å². The first-order valence-electron chi connectivity index (χ1n) is 8.23. The molecule has 1 aliphatic rings. The van der Waals surface area contributed by atoms with E-state index >= 15 is 0 Å². The van der Waals surface area contributed by atoms with Gasteiger partial charge in [-0.05, 0) is 50.3 Å². The summed E-state index contributed by atoms with van der Waals surface area (Å²) in [5.74, 6) is 0.523. The first kappa shape index (κ1) is 15.0. The number of aryl methyl sites for hydroxylation is 1. The summed E-state index contributed by atoms with van der Waals surface area (Å²) in [5, 5.41) is 0. The van der Waals surface area contributed by atoms with Gasteiger partial charge in [0.15, 0.2) is 0 Å². The quantitative estimate of drug-likeness (QED) is 0.931. The van der Waals surface area contributed by atoms with Gasteiger partial charge in [0, 0.05) is 18.0 Å². The molecule has 1 fully saturated rings. The maximum atomic E-state index is 11.8. The highest BCUT2D eigenvalue weighted by atomic mass is 16.1. The summed E-state index contributed by atoms with van der Waals surface area (Å²) in [6.07, 6.45) is 8.18. The van der Waals surface area contributed by atoms with Gasteiger partial charge in [0.1, 0.15) is 0 Å². The number of aromatic nitrogens is 2. The van der Waals surface area contributed by atoms with Crippen molar-refractivity contribution in [3.63, 3.8) is 0 Å². The highest BCUT2D eigenvalue weighted by Gasteiger charge is 2.40. The molecule has 116 valence electrons. The third-order valence-corrected chi connectivity index (χ3v) is 5.19. The predicted octanol–water partition coefficient (Wildman–Crippen LogP) is 3.96. The van der Waals surface area contributed by atoms with E-state index in [1.807, 2.05) is 18.3 Å². The van der Waals surface area contributed by atoms with E-state index in [1.165, 1.54) is 32.1 Å². The molecular formula is C19H24N2O. The van der Waals surface area contributed by atoms with Crippen LogP contribution >= 0.6 is 0 Å². The molecule has 0 radical (unpaired) electrons. The zero-order chi connectivity index (χ0) is 15.6. The Labute approximate surface area is 131 Å². The van der Waals surface area contributed by atoms with Crippen LogP contribution in [0.3, 0.4) is 0 Å². The largest absolute Gasteiger partial charge is 0.325 e. The number of H-pyrrole nitrogens is 1. The fourth-order valence-electron chi connectivity index (χ4n) is 3.77. The Kier molecular flexibility index (Phi) is 4.14. The van der Waals surface area contributed by atoms with E-state index in [9.17, 15) is 4.79 Å². The number of pyridine rings is 2. The van der Waals surface area contributed by atoms with Gasteiger partial charge in [-0.2, -0.15) is 0 Å². The zero-order valence-corrected chi connectivity index (χ0v) is 13.4. The second-order valence-electron chi connectivity index (χ2n) is 6.69. The number of nitrogens with zero attached hydrogens (tertiary/aromatic N) is 1. The molecule has 3 heteroatoms. The Morgan fingerprint density at radius 1 is 1.14 bits per heavy atom. The van der Waals surface area contributed by atoms with Gasteiger partial charge in [-0.3, -0.25) is 9.78 Å². The molecule has 3 nitrogen and oxygen atoms in total. The molecule has 2 aromatic heterocycles. The van der Waals surface area contributed by atoms with Crippen LogP contribution < -0.4 is 5.56 Å². The summed E-state index contributed by atoms with van der Waals surface area (Å²) < 4.78 is 0. The first-order chi connectivity index (χ1) is 10.6. The van der Waals surface area contributed by atoms with Crippen molar-refractivity contribution in [3.05, 3.63) is 63.8 Å². The van der Waals surface area contributed by atoms with Crippen LogP contribution in [0.4, 0.5) is 0 Å². The number of aromatic amines is 1. The van der Waals surface area contributed by atoms with Gasteiger partial charge in [-0.1, -0.05) is 31.4 Å². The van der Waals surface area contributed by atoms with Crippen LogP contribution in [0, 0.1) is 12.8 Å². The van der Waals surface area contributed by atoms with Crippen LogP contribution in [0.15, 0.2) is 41.3 Å². The van der Waals surface area contributed by atoms with E-state index in [0.717, 1.165) is 17.0 Å². The molecule has 2 aromatic rings. The van der Waals surface area contributed by atoms with Crippen LogP contribution in [0.25, 0.3) is 0 Å². The van der Waals surface area contributed by atoms with Gasteiger partial charge in [-0.25, -0.2) is 0 Å². The lowest BCUT2D eigenvalue weighted by Gasteiger charge is -2.39. The summed E-state index contributed by atoms with van der Waals surface area (Å²) in [6.45, 7) is 4.30. The second kappa shape index (κ2) is 6.07. The molecule has 1 atom stereocenters. The summed E-state index contributed by atoms with van der Waals surface area (Å²) in [7, 11) is 0. The minimum Gasteiger partial charge on any atom is -0.325 e. The summed E-state index contributed by atoms with van der Waals surface area (Å²) in [6, 6.07) is 9.70. The van der Waals surface area contributed by atoms with Gasteiger partial charge < -0.3 is 4.98 Å². The van der Waals surface area contributed by atoms with Crippen LogP contribution in [-0.2, 0) is 5.41 Å². The van der Waals surface area contributed by atoms with Crippen molar-refractivity contribution in [1.82, 2.24) is 9.97 Å². The van der Waals surface area contributed by atoms with E-state index in [0.29, 0.717) is 5.92 Å². The van der Waals surface area contributed by atoms with E-state index in [2.05, 4.69) is 31.0 Å². The van der Waals surface area contributed by atoms with Gasteiger partial charge in [-0.15, -0.1) is 0 Å². The van der Waals surface area contributed by atoms with Gasteiger partial charge >= 0.3 is 0 Å². The summed E-state index contributed by atoms with van der Waals surface area (Å²) in [4.78, 5) is 19.6. The summed E-state index contributed by atoms with van der Waals surface area (Å²) >= 11 is 0. The molecule has 0 saturated heterocycles. The Bertz CT molecular complexity index is 683. The minimum atomic E-state index is -0.228. The predicted molar refractivity (Wildman–Crippen MR) is 89.1 cm³/mol. The SMILES string of the molecule is Cc1ccc(C(C)(c2cccc(=O)[nH]2)C2CCCCC2)nc1. The lowest BCUT2D eigenvalue weighted by atomic mass is 9.66. The number of rotatable bonds is 3. The minimum absolute atomic E-state index is 0.0355. The molecule has 2 heterocycles. The van der Waals surface area contributed by atoms with Crippen molar-refractivity contribution in [2.45, 2.75) is 51.4 Å². The Morgan fingerprint density at radius 2 is 1.91 bits per heavy atom. The second-order valence-corrected chi connectivity index (χ2v) is 6.69. The molecule has 0 aliphatic heterocycles. The smallest absolute Gasteiger partial charge is 0.248 e. The van der Waals surface area contributed by atoms with Gasteiger partial charge in [0.05, 0.1) is 11.1 Å². The zero-order valence-electron chi connectivity index (χ0n) is 13.4. The molecule has 1 saturated carbocycles. The van der Waals surface area contributed by atoms with Gasteiger partial charge in [0.25, 0.3) is 0 Å². The highest BCUT2D eigenvalue weighted by molar-refractivity contribution is 5.32. The summed E-state index contributed by atoms with van der Waals surface area (Å²) in [5.41, 5.74) is 2.95. The van der Waals surface area contributed by atoms with Crippen molar-refractivity contribution in [2.24, 2.45) is 5.92 Å². The van der Waals surface area contributed by atoms with Crippen LogP contribution in [-0.4, -0.2) is 9.97 Å². The topological polar surface area (TPSA) is 45.8 Å². The Morgan fingerprint density at radius 3 is 2.55 bits per heavy atom. The third kappa shape index (κ3) is 2.72. The van der Waals surface area contributed by atoms with Crippen LogP contribution in [0.2, 0.25) is 0 Å². The first-order valence-corrected chi connectivity index (χ1v) is 8.23. The Hall–Kier alpha value is -1.90. The van der Waals surface area contributed by atoms with E-state index in [4.69, 9.17) is 4.98 Å². The van der Waals surface area contributed by atoms with E-state index in [-0.39, 0.29) is 11.0 Å². The van der Waals surface area contributed by atoms with Crippen molar-refractivity contribution < 1.29 is 0 Å². The van der Waals surface area contributed by atoms with Crippen molar-refractivity contribution in [3.8, 4) is 0 Å². The normalized spacial score (nSPS) is 18.8. The van der Waals surface area contributed by atoms with Crippen molar-refractivity contribution in [2.75, 3.05) is 0 Å². The van der Waals surface area contributed by atoms with E-state index in [1.54, 1.807) is 6.07 Å². The number of nitrogens with one attached hydrogen (secondary N) is 1. The lowest BCUT2D eigenvalue weighted by molar-refractivity contribution is 0.245. The average molecular weight is 296 g/mol. The molecule has 3 rings (SSSR count). The molecule has 0 bridgehead atoms. The molecule has 1 aliphatic carbocycles. The molecule has 1 unspecified atom stereocenters. The maximum absolute atomic E-state index is 11.8. The fourth-order valence-corrected chi connectivity index (χ4v) is 3.77. The van der Waals surface area contributed by atoms with E-state index < -0.39 is 0 Å². The maximum Gasteiger partial charge on any atom is 0.248 e. The average Bonchev–Trinajstić information content (AvgIpc) is 2.55. The van der Waals surface area contributed by atoms with Gasteiger partial charge in [0.2, 0.25) is 5.56 Å². The third-order valence-electron chi connectivity index (χ3n) is 5.19. The molecule has 1 N–H and O–H groups in total. The molecular weight excluding hydrogens is 272 g/mol. The molecule has 0 aromatic carbocycles. The molecule has 0 amide bonds. The fraction of sp³-hybridized carbons (Fsp3) is 0.474. The number of hydrogen-bond acceptors (Lipinski definition) is 2. The van der Waals surface area contributed by atoms with Crippen molar-refractivity contribution in [1.29, 1.82) is 0 Å². The highest BCUT2D eigenvalue weighted by Crippen LogP contribution is 2.43. The molecule has 22 heavy (non-hydrogen) atoms. The lowest BCUT2D eigenvalue weighted by Crippen LogP contribution is -2.37. The number of hydrogen-bond donors (Lipinski definition) is 1. The van der Waals surface area contributed by atoms with Crippen molar-refractivity contribution >= 4 is 0 Å².